The Morgan fingerprint density at radius 2 is 1.95 bits per heavy atom. The number of methoxy groups -OCH3 is 1. The van der Waals surface area contributed by atoms with E-state index in [0.717, 1.165) is 40.9 Å². The first kappa shape index (κ1) is 15.6. The molecule has 1 aromatic carbocycles. The van der Waals surface area contributed by atoms with Gasteiger partial charge in [-0.15, -0.1) is 0 Å². The number of anilines is 1. The van der Waals surface area contributed by atoms with Gasteiger partial charge in [0.1, 0.15) is 5.75 Å². The Morgan fingerprint density at radius 3 is 2.52 bits per heavy atom. The van der Waals surface area contributed by atoms with E-state index in [0.29, 0.717) is 5.92 Å². The van der Waals surface area contributed by atoms with E-state index in [1.165, 1.54) is 11.3 Å². The lowest BCUT2D eigenvalue weighted by atomic mass is 9.95. The van der Waals surface area contributed by atoms with Crippen LogP contribution >= 0.6 is 0 Å². The van der Waals surface area contributed by atoms with Crippen LogP contribution in [0.15, 0.2) is 12.1 Å². The summed E-state index contributed by atoms with van der Waals surface area (Å²) in [5.41, 5.74) is 5.86. The van der Waals surface area contributed by atoms with Gasteiger partial charge in [0.25, 0.3) is 0 Å². The number of nitrogens with zero attached hydrogens (tertiary/aromatic N) is 1. The molecule has 3 heteroatoms. The molecule has 0 bridgehead atoms. The average Bonchev–Trinajstić information content (AvgIpc) is 2.44. The largest absolute Gasteiger partial charge is 0.497 e. The smallest absolute Gasteiger partial charge is 0.119 e. The van der Waals surface area contributed by atoms with Gasteiger partial charge in [-0.3, -0.25) is 4.98 Å². The standard InChI is InChI=1S/C18H26N2O/c1-7-8-19-18-15-10-14(21-6)9-12(4)17(15)20-13(5)16(18)11(2)3/h9-11H,7-8H2,1-6H3,(H,19,20). The number of ether oxygens (including phenoxy) is 1. The Hall–Kier alpha value is -1.77. The molecule has 0 atom stereocenters. The summed E-state index contributed by atoms with van der Waals surface area (Å²) in [7, 11) is 1.71. The van der Waals surface area contributed by atoms with E-state index in [-0.39, 0.29) is 0 Å². The highest BCUT2D eigenvalue weighted by molar-refractivity contribution is 5.96. The van der Waals surface area contributed by atoms with E-state index < -0.39 is 0 Å². The molecule has 3 nitrogen and oxygen atoms in total. The third-order valence-corrected chi connectivity index (χ3v) is 3.85. The van der Waals surface area contributed by atoms with Gasteiger partial charge in [-0.25, -0.2) is 0 Å². The Morgan fingerprint density at radius 1 is 1.24 bits per heavy atom. The van der Waals surface area contributed by atoms with Crippen molar-refractivity contribution >= 4 is 16.6 Å². The minimum Gasteiger partial charge on any atom is -0.497 e. The number of aromatic nitrogens is 1. The molecular formula is C18H26N2O. The third-order valence-electron chi connectivity index (χ3n) is 3.85. The normalized spacial score (nSPS) is 11.2. The molecule has 0 saturated heterocycles. The van der Waals surface area contributed by atoms with Gasteiger partial charge in [-0.1, -0.05) is 20.8 Å². The summed E-state index contributed by atoms with van der Waals surface area (Å²) in [6.07, 6.45) is 1.10. The molecule has 0 aliphatic heterocycles. The maximum atomic E-state index is 5.44. The average molecular weight is 286 g/mol. The number of hydrogen-bond acceptors (Lipinski definition) is 3. The Labute approximate surface area is 127 Å². The molecule has 0 radical (unpaired) electrons. The SMILES string of the molecule is CCCNc1c(C(C)C)c(C)nc2c(C)cc(OC)cc12. The molecule has 0 unspecified atom stereocenters. The summed E-state index contributed by atoms with van der Waals surface area (Å²) in [4.78, 5) is 4.84. The van der Waals surface area contributed by atoms with Crippen molar-refractivity contribution in [3.63, 3.8) is 0 Å². The summed E-state index contributed by atoms with van der Waals surface area (Å²) >= 11 is 0. The molecule has 0 amide bonds. The monoisotopic (exact) mass is 286 g/mol. The number of hydrogen-bond donors (Lipinski definition) is 1. The third kappa shape index (κ3) is 2.97. The van der Waals surface area contributed by atoms with Gasteiger partial charge in [0.2, 0.25) is 0 Å². The maximum Gasteiger partial charge on any atom is 0.119 e. The second kappa shape index (κ2) is 6.33. The van der Waals surface area contributed by atoms with Crippen LogP contribution in [0.5, 0.6) is 5.75 Å². The van der Waals surface area contributed by atoms with Crippen LogP contribution in [0.4, 0.5) is 5.69 Å². The molecular weight excluding hydrogens is 260 g/mol. The molecule has 0 saturated carbocycles. The minimum atomic E-state index is 0.438. The fourth-order valence-corrected chi connectivity index (χ4v) is 2.90. The number of fused-ring (bicyclic) bond motifs is 1. The van der Waals surface area contributed by atoms with Gasteiger partial charge in [-0.2, -0.15) is 0 Å². The molecule has 2 aromatic rings. The van der Waals surface area contributed by atoms with Crippen LogP contribution < -0.4 is 10.1 Å². The van der Waals surface area contributed by atoms with E-state index in [9.17, 15) is 0 Å². The maximum absolute atomic E-state index is 5.44. The van der Waals surface area contributed by atoms with Gasteiger partial charge in [0.15, 0.2) is 0 Å². The number of pyridine rings is 1. The fraction of sp³-hybridized carbons (Fsp3) is 0.500. The van der Waals surface area contributed by atoms with Gasteiger partial charge < -0.3 is 10.1 Å². The summed E-state index contributed by atoms with van der Waals surface area (Å²) in [6.45, 7) is 11.8. The molecule has 0 aliphatic carbocycles. The molecule has 21 heavy (non-hydrogen) atoms. The van der Waals surface area contributed by atoms with E-state index in [4.69, 9.17) is 9.72 Å². The van der Waals surface area contributed by atoms with E-state index >= 15 is 0 Å². The molecule has 0 aliphatic rings. The first-order valence-electron chi connectivity index (χ1n) is 7.72. The first-order valence-corrected chi connectivity index (χ1v) is 7.72. The first-order chi connectivity index (χ1) is 9.99. The topological polar surface area (TPSA) is 34.2 Å². The zero-order chi connectivity index (χ0) is 15.6. The van der Waals surface area contributed by atoms with Gasteiger partial charge in [-0.05, 0) is 49.4 Å². The van der Waals surface area contributed by atoms with Crippen molar-refractivity contribution < 1.29 is 4.74 Å². The van der Waals surface area contributed by atoms with Gasteiger partial charge in [0, 0.05) is 23.3 Å². The van der Waals surface area contributed by atoms with Crippen LogP contribution in [0.2, 0.25) is 0 Å². The number of rotatable bonds is 5. The summed E-state index contributed by atoms with van der Waals surface area (Å²) in [5.74, 6) is 1.33. The minimum absolute atomic E-state index is 0.438. The zero-order valence-electron chi connectivity index (χ0n) is 14.0. The van der Waals surface area contributed by atoms with E-state index in [1.54, 1.807) is 7.11 Å². The zero-order valence-corrected chi connectivity index (χ0v) is 14.0. The quantitative estimate of drug-likeness (QED) is 0.856. The van der Waals surface area contributed by atoms with Gasteiger partial charge in [0.05, 0.1) is 12.6 Å². The number of benzene rings is 1. The highest BCUT2D eigenvalue weighted by Gasteiger charge is 2.17. The van der Waals surface area contributed by atoms with E-state index in [1.807, 2.05) is 6.07 Å². The number of nitrogens with one attached hydrogen (secondary N) is 1. The molecule has 1 N–H and O–H groups in total. The molecule has 1 heterocycles. The fourth-order valence-electron chi connectivity index (χ4n) is 2.90. The summed E-state index contributed by atoms with van der Waals surface area (Å²) in [5, 5.41) is 4.77. The predicted molar refractivity (Wildman–Crippen MR) is 90.6 cm³/mol. The van der Waals surface area contributed by atoms with Crippen LogP contribution in [-0.4, -0.2) is 18.6 Å². The van der Waals surface area contributed by atoms with Gasteiger partial charge >= 0.3 is 0 Å². The molecule has 0 fully saturated rings. The van der Waals surface area contributed by atoms with Crippen molar-refractivity contribution in [1.29, 1.82) is 0 Å². The van der Waals surface area contributed by atoms with Crippen LogP contribution in [0.1, 0.15) is 49.9 Å². The number of aryl methyl sites for hydroxylation is 2. The predicted octanol–water partition coefficient (Wildman–Crippen LogP) is 4.81. The van der Waals surface area contributed by atoms with Crippen LogP contribution in [-0.2, 0) is 0 Å². The van der Waals surface area contributed by atoms with Crippen LogP contribution in [0.25, 0.3) is 10.9 Å². The van der Waals surface area contributed by atoms with Crippen LogP contribution in [0.3, 0.4) is 0 Å². The highest BCUT2D eigenvalue weighted by Crippen LogP contribution is 2.36. The van der Waals surface area contributed by atoms with Crippen molar-refractivity contribution in [2.45, 2.75) is 47.0 Å². The molecule has 2 rings (SSSR count). The Balaban J connectivity index is 2.80. The molecule has 1 aromatic heterocycles. The van der Waals surface area contributed by atoms with Crippen molar-refractivity contribution in [3.8, 4) is 5.75 Å². The summed E-state index contributed by atoms with van der Waals surface area (Å²) in [6, 6.07) is 4.14. The second-order valence-corrected chi connectivity index (χ2v) is 5.91. The second-order valence-electron chi connectivity index (χ2n) is 5.91. The lowest BCUT2D eigenvalue weighted by molar-refractivity contribution is 0.415. The Bertz CT molecular complexity index is 647. The van der Waals surface area contributed by atoms with Crippen molar-refractivity contribution in [2.24, 2.45) is 0 Å². The van der Waals surface area contributed by atoms with Crippen LogP contribution in [0, 0.1) is 13.8 Å². The van der Waals surface area contributed by atoms with Crippen molar-refractivity contribution in [2.75, 3.05) is 19.0 Å². The van der Waals surface area contributed by atoms with E-state index in [2.05, 4.69) is 46.0 Å². The highest BCUT2D eigenvalue weighted by atomic mass is 16.5. The molecule has 114 valence electrons. The van der Waals surface area contributed by atoms with Crippen molar-refractivity contribution in [3.05, 3.63) is 29.0 Å². The lowest BCUT2D eigenvalue weighted by Crippen LogP contribution is -2.08. The molecule has 0 spiro atoms. The van der Waals surface area contributed by atoms with Crippen molar-refractivity contribution in [1.82, 2.24) is 4.98 Å². The summed E-state index contributed by atoms with van der Waals surface area (Å²) < 4.78 is 5.44. The Kier molecular flexibility index (Phi) is 4.71. The lowest BCUT2D eigenvalue weighted by Gasteiger charge is -2.20.